The number of hydrogen-bond acceptors (Lipinski definition) is 5. The standard InChI is InChI=1S/C21H25NO3S2/c1-3-25-21(24)19-16-7-5-4-6-8-17(16)27-20(19)22-18(23)13-26-15-11-9-14(2)10-12-15/h9-12H,3-8,13H2,1-2H3,(H,22,23). The molecule has 1 N–H and O–H groups in total. The molecule has 27 heavy (non-hydrogen) atoms. The maximum atomic E-state index is 12.5. The summed E-state index contributed by atoms with van der Waals surface area (Å²) in [6.45, 7) is 4.18. The molecule has 0 saturated heterocycles. The molecule has 0 unspecified atom stereocenters. The van der Waals surface area contributed by atoms with E-state index >= 15 is 0 Å². The van der Waals surface area contributed by atoms with Crippen LogP contribution in [0.25, 0.3) is 0 Å². The van der Waals surface area contributed by atoms with Crippen LogP contribution in [0.15, 0.2) is 29.2 Å². The largest absolute Gasteiger partial charge is 0.462 e. The van der Waals surface area contributed by atoms with Crippen molar-refractivity contribution in [2.75, 3.05) is 17.7 Å². The lowest BCUT2D eigenvalue weighted by molar-refractivity contribution is -0.113. The van der Waals surface area contributed by atoms with Gasteiger partial charge in [-0.15, -0.1) is 23.1 Å². The predicted molar refractivity (Wildman–Crippen MR) is 112 cm³/mol. The van der Waals surface area contributed by atoms with Crippen molar-refractivity contribution < 1.29 is 14.3 Å². The van der Waals surface area contributed by atoms with Gasteiger partial charge in [-0.05, 0) is 57.2 Å². The number of thioether (sulfide) groups is 1. The SMILES string of the molecule is CCOC(=O)c1c(NC(=O)CSc2ccc(C)cc2)sc2c1CCCCC2. The Morgan fingerprint density at radius 2 is 1.89 bits per heavy atom. The van der Waals surface area contributed by atoms with Crippen LogP contribution >= 0.6 is 23.1 Å². The Morgan fingerprint density at radius 3 is 2.63 bits per heavy atom. The van der Waals surface area contributed by atoms with Gasteiger partial charge in [0.25, 0.3) is 0 Å². The number of thiophene rings is 1. The molecule has 0 atom stereocenters. The van der Waals surface area contributed by atoms with Crippen molar-refractivity contribution in [2.45, 2.75) is 50.8 Å². The molecule has 2 aromatic rings. The summed E-state index contributed by atoms with van der Waals surface area (Å²) < 4.78 is 5.27. The first-order chi connectivity index (χ1) is 13.1. The summed E-state index contributed by atoms with van der Waals surface area (Å²) in [5, 5.41) is 3.62. The smallest absolute Gasteiger partial charge is 0.341 e. The zero-order valence-electron chi connectivity index (χ0n) is 15.8. The van der Waals surface area contributed by atoms with Gasteiger partial charge in [-0.2, -0.15) is 0 Å². The number of anilines is 1. The summed E-state index contributed by atoms with van der Waals surface area (Å²) in [7, 11) is 0. The normalized spacial score (nSPS) is 13.6. The Balaban J connectivity index is 1.73. The third kappa shape index (κ3) is 5.14. The molecule has 0 radical (unpaired) electrons. The first kappa shape index (κ1) is 20.0. The monoisotopic (exact) mass is 403 g/mol. The van der Waals surface area contributed by atoms with Gasteiger partial charge in [0, 0.05) is 9.77 Å². The number of aryl methyl sites for hydroxylation is 2. The molecular formula is C21H25NO3S2. The van der Waals surface area contributed by atoms with Gasteiger partial charge in [0.1, 0.15) is 5.00 Å². The molecule has 0 aliphatic heterocycles. The lowest BCUT2D eigenvalue weighted by Crippen LogP contribution is -2.16. The van der Waals surface area contributed by atoms with Crippen LogP contribution < -0.4 is 5.32 Å². The minimum atomic E-state index is -0.321. The van der Waals surface area contributed by atoms with Gasteiger partial charge < -0.3 is 10.1 Å². The van der Waals surface area contributed by atoms with Crippen LogP contribution in [0, 0.1) is 6.92 Å². The first-order valence-electron chi connectivity index (χ1n) is 9.39. The molecule has 4 nitrogen and oxygen atoms in total. The van der Waals surface area contributed by atoms with Crippen molar-refractivity contribution in [3.8, 4) is 0 Å². The molecule has 1 heterocycles. The minimum absolute atomic E-state index is 0.0949. The van der Waals surface area contributed by atoms with Gasteiger partial charge in [-0.1, -0.05) is 24.1 Å². The van der Waals surface area contributed by atoms with Gasteiger partial charge in [0.2, 0.25) is 5.91 Å². The number of fused-ring (bicyclic) bond motifs is 1. The molecule has 1 amide bonds. The molecule has 1 aliphatic carbocycles. The van der Waals surface area contributed by atoms with E-state index in [1.807, 2.05) is 31.2 Å². The van der Waals surface area contributed by atoms with Crippen LogP contribution in [0.4, 0.5) is 5.00 Å². The maximum Gasteiger partial charge on any atom is 0.341 e. The number of nitrogens with one attached hydrogen (secondary N) is 1. The molecule has 0 bridgehead atoms. The van der Waals surface area contributed by atoms with Crippen LogP contribution in [-0.4, -0.2) is 24.2 Å². The van der Waals surface area contributed by atoms with Crippen molar-refractivity contribution in [3.05, 3.63) is 45.8 Å². The Labute approximate surface area is 168 Å². The number of rotatable bonds is 6. The Hall–Kier alpha value is -1.79. The van der Waals surface area contributed by atoms with Crippen LogP contribution in [0.5, 0.6) is 0 Å². The summed E-state index contributed by atoms with van der Waals surface area (Å²) in [5.74, 6) is -0.102. The van der Waals surface area contributed by atoms with Crippen molar-refractivity contribution in [2.24, 2.45) is 0 Å². The Kier molecular flexibility index (Phi) is 6.96. The maximum absolute atomic E-state index is 12.5. The van der Waals surface area contributed by atoms with E-state index in [-0.39, 0.29) is 11.9 Å². The minimum Gasteiger partial charge on any atom is -0.462 e. The van der Waals surface area contributed by atoms with E-state index in [9.17, 15) is 9.59 Å². The quantitative estimate of drug-likeness (QED) is 0.407. The third-order valence-corrected chi connectivity index (χ3v) is 6.76. The van der Waals surface area contributed by atoms with Crippen molar-refractivity contribution in [3.63, 3.8) is 0 Å². The highest BCUT2D eigenvalue weighted by atomic mass is 32.2. The topological polar surface area (TPSA) is 55.4 Å². The average molecular weight is 404 g/mol. The Morgan fingerprint density at radius 1 is 1.15 bits per heavy atom. The van der Waals surface area contributed by atoms with E-state index in [0.29, 0.717) is 22.9 Å². The number of hydrogen-bond donors (Lipinski definition) is 1. The average Bonchev–Trinajstić information content (AvgIpc) is 2.82. The summed E-state index contributed by atoms with van der Waals surface area (Å²) in [6, 6.07) is 8.11. The molecule has 0 spiro atoms. The van der Waals surface area contributed by atoms with E-state index in [2.05, 4.69) is 5.32 Å². The number of carbonyl (C=O) groups is 2. The van der Waals surface area contributed by atoms with Gasteiger partial charge in [-0.25, -0.2) is 4.79 Å². The second kappa shape index (κ2) is 9.42. The van der Waals surface area contributed by atoms with Crippen molar-refractivity contribution in [1.82, 2.24) is 0 Å². The number of esters is 1. The zero-order valence-corrected chi connectivity index (χ0v) is 17.4. The van der Waals surface area contributed by atoms with Gasteiger partial charge in [0.05, 0.1) is 17.9 Å². The first-order valence-corrected chi connectivity index (χ1v) is 11.2. The van der Waals surface area contributed by atoms with Crippen LogP contribution in [0.3, 0.4) is 0 Å². The van der Waals surface area contributed by atoms with E-state index in [0.717, 1.165) is 36.1 Å². The number of benzene rings is 1. The molecule has 0 saturated carbocycles. The van der Waals surface area contributed by atoms with E-state index in [1.54, 1.807) is 6.92 Å². The number of ether oxygens (including phenoxy) is 1. The van der Waals surface area contributed by atoms with Gasteiger partial charge in [-0.3, -0.25) is 4.79 Å². The molecule has 3 rings (SSSR count). The fourth-order valence-electron chi connectivity index (χ4n) is 3.20. The fourth-order valence-corrected chi connectivity index (χ4v) is 5.19. The lowest BCUT2D eigenvalue weighted by atomic mass is 10.1. The van der Waals surface area contributed by atoms with E-state index in [4.69, 9.17) is 4.74 Å². The van der Waals surface area contributed by atoms with Crippen LogP contribution in [-0.2, 0) is 22.4 Å². The second-order valence-electron chi connectivity index (χ2n) is 6.64. The van der Waals surface area contributed by atoms with Crippen LogP contribution in [0.2, 0.25) is 0 Å². The molecule has 1 aromatic heterocycles. The molecular weight excluding hydrogens is 378 g/mol. The number of amides is 1. The second-order valence-corrected chi connectivity index (χ2v) is 8.79. The highest BCUT2D eigenvalue weighted by Gasteiger charge is 2.26. The summed E-state index contributed by atoms with van der Waals surface area (Å²) in [4.78, 5) is 27.3. The lowest BCUT2D eigenvalue weighted by Gasteiger charge is -2.08. The summed E-state index contributed by atoms with van der Waals surface area (Å²) in [6.07, 6.45) is 5.24. The van der Waals surface area contributed by atoms with Gasteiger partial charge >= 0.3 is 5.97 Å². The van der Waals surface area contributed by atoms with Gasteiger partial charge in [0.15, 0.2) is 0 Å². The summed E-state index contributed by atoms with van der Waals surface area (Å²) >= 11 is 3.03. The predicted octanol–water partition coefficient (Wildman–Crippen LogP) is 5.23. The fraction of sp³-hybridized carbons (Fsp3) is 0.429. The highest BCUT2D eigenvalue weighted by Crippen LogP contribution is 2.38. The molecule has 144 valence electrons. The number of carbonyl (C=O) groups excluding carboxylic acids is 2. The van der Waals surface area contributed by atoms with Crippen LogP contribution in [0.1, 0.15) is 52.5 Å². The van der Waals surface area contributed by atoms with E-state index in [1.165, 1.54) is 40.0 Å². The summed E-state index contributed by atoms with van der Waals surface area (Å²) in [5.41, 5.74) is 2.85. The van der Waals surface area contributed by atoms with E-state index < -0.39 is 0 Å². The molecule has 0 fully saturated rings. The zero-order chi connectivity index (χ0) is 19.2. The molecule has 6 heteroatoms. The van der Waals surface area contributed by atoms with Crippen molar-refractivity contribution >= 4 is 40.0 Å². The third-order valence-electron chi connectivity index (χ3n) is 4.54. The Bertz CT molecular complexity index is 812. The highest BCUT2D eigenvalue weighted by molar-refractivity contribution is 8.00. The molecule has 1 aromatic carbocycles. The van der Waals surface area contributed by atoms with Crippen molar-refractivity contribution in [1.29, 1.82) is 0 Å². The molecule has 1 aliphatic rings.